The Morgan fingerprint density at radius 3 is 2.47 bits per heavy atom. The lowest BCUT2D eigenvalue weighted by Gasteiger charge is -2.37. The lowest BCUT2D eigenvalue weighted by Crippen LogP contribution is -2.49. The smallest absolute Gasteiger partial charge is 0.372 e. The van der Waals surface area contributed by atoms with Crippen molar-refractivity contribution < 1.29 is 18.0 Å². The van der Waals surface area contributed by atoms with E-state index in [0.717, 1.165) is 6.07 Å². The zero-order valence-electron chi connectivity index (χ0n) is 10.9. The molecule has 104 valence electrons. The predicted octanol–water partition coefficient (Wildman–Crippen LogP) is 3.26. The summed E-state index contributed by atoms with van der Waals surface area (Å²) in [7, 11) is 0. The molecule has 0 fully saturated rings. The highest BCUT2D eigenvalue weighted by molar-refractivity contribution is 6.05. The van der Waals surface area contributed by atoms with Gasteiger partial charge >= 0.3 is 6.18 Å². The first kappa shape index (κ1) is 13.7. The van der Waals surface area contributed by atoms with Gasteiger partial charge in [-0.1, -0.05) is 6.07 Å². The minimum absolute atomic E-state index is 0.0178. The molecule has 2 rings (SSSR count). The maximum absolute atomic E-state index is 13.0. The van der Waals surface area contributed by atoms with Crippen molar-refractivity contribution in [1.82, 2.24) is 0 Å². The van der Waals surface area contributed by atoms with Gasteiger partial charge in [-0.25, -0.2) is 0 Å². The summed E-state index contributed by atoms with van der Waals surface area (Å²) >= 11 is 0. The molecular formula is C13H15F3N2O. The van der Waals surface area contributed by atoms with Crippen molar-refractivity contribution in [2.24, 2.45) is 0 Å². The van der Waals surface area contributed by atoms with Gasteiger partial charge in [-0.15, -0.1) is 0 Å². The van der Waals surface area contributed by atoms with Gasteiger partial charge in [0.2, 0.25) is 5.91 Å². The number of fused-ring (bicyclic) bond motifs is 1. The Labute approximate surface area is 109 Å². The van der Waals surface area contributed by atoms with E-state index in [1.807, 2.05) is 0 Å². The quantitative estimate of drug-likeness (QED) is 0.851. The minimum Gasteiger partial charge on any atom is -0.372 e. The average Bonchev–Trinajstić information content (AvgIpc) is 2.28. The molecule has 0 aromatic heterocycles. The molecule has 1 heterocycles. The van der Waals surface area contributed by atoms with E-state index in [-0.39, 0.29) is 23.3 Å². The fraction of sp³-hybridized carbons (Fsp3) is 0.462. The number of hydrogen-bond acceptors (Lipinski definition) is 2. The first-order valence-electron chi connectivity index (χ1n) is 6.03. The van der Waals surface area contributed by atoms with E-state index in [1.54, 1.807) is 20.8 Å². The Bertz CT molecular complexity index is 511. The molecule has 6 heteroatoms. The highest BCUT2D eigenvalue weighted by Gasteiger charge is 2.39. The second-order valence-corrected chi connectivity index (χ2v) is 4.87. The van der Waals surface area contributed by atoms with Crippen molar-refractivity contribution in [3.63, 3.8) is 0 Å². The highest BCUT2D eigenvalue weighted by atomic mass is 19.4. The topological polar surface area (TPSA) is 32.3 Å². The number of alkyl halides is 3. The van der Waals surface area contributed by atoms with Crippen LogP contribution in [0.5, 0.6) is 0 Å². The number of amides is 1. The van der Waals surface area contributed by atoms with Crippen LogP contribution in [0, 0.1) is 0 Å². The Kier molecular flexibility index (Phi) is 3.20. The molecule has 1 atom stereocenters. The van der Waals surface area contributed by atoms with Crippen molar-refractivity contribution in [3.05, 3.63) is 23.8 Å². The van der Waals surface area contributed by atoms with Gasteiger partial charge in [0.05, 0.1) is 16.9 Å². The molecule has 1 aliphatic heterocycles. The van der Waals surface area contributed by atoms with Gasteiger partial charge in [0.25, 0.3) is 0 Å². The van der Waals surface area contributed by atoms with Crippen LogP contribution < -0.4 is 10.2 Å². The SMILES string of the molecule is CC1Nc2c(cccc2C(F)(F)F)N(C(C)C)C1=O. The molecule has 19 heavy (non-hydrogen) atoms. The van der Waals surface area contributed by atoms with Crippen molar-refractivity contribution in [1.29, 1.82) is 0 Å². The van der Waals surface area contributed by atoms with Crippen LogP contribution in [-0.2, 0) is 11.0 Å². The molecule has 1 aromatic rings. The largest absolute Gasteiger partial charge is 0.418 e. The van der Waals surface area contributed by atoms with E-state index in [9.17, 15) is 18.0 Å². The van der Waals surface area contributed by atoms with Crippen LogP contribution in [0.2, 0.25) is 0 Å². The number of rotatable bonds is 1. The molecule has 1 unspecified atom stereocenters. The molecule has 1 amide bonds. The van der Waals surface area contributed by atoms with Crippen molar-refractivity contribution in [3.8, 4) is 0 Å². The molecule has 1 N–H and O–H groups in total. The van der Waals surface area contributed by atoms with E-state index >= 15 is 0 Å². The number of nitrogens with zero attached hydrogens (tertiary/aromatic N) is 1. The third-order valence-corrected chi connectivity index (χ3v) is 3.09. The molecule has 0 aliphatic carbocycles. The number of carbonyl (C=O) groups is 1. The zero-order valence-corrected chi connectivity index (χ0v) is 10.9. The number of benzene rings is 1. The first-order chi connectivity index (χ1) is 8.73. The number of anilines is 2. The normalized spacial score (nSPS) is 19.4. The Morgan fingerprint density at radius 2 is 1.95 bits per heavy atom. The summed E-state index contributed by atoms with van der Waals surface area (Å²) in [5, 5.41) is 2.66. The van der Waals surface area contributed by atoms with Gasteiger partial charge in [-0.3, -0.25) is 4.79 Å². The third kappa shape index (κ3) is 2.27. The second kappa shape index (κ2) is 4.43. The van der Waals surface area contributed by atoms with E-state index in [0.29, 0.717) is 0 Å². The van der Waals surface area contributed by atoms with Gasteiger partial charge in [-0.05, 0) is 32.9 Å². The molecule has 0 spiro atoms. The minimum atomic E-state index is -4.44. The lowest BCUT2D eigenvalue weighted by atomic mass is 10.0. The molecule has 1 aromatic carbocycles. The summed E-state index contributed by atoms with van der Waals surface area (Å²) in [6, 6.07) is 3.01. The van der Waals surface area contributed by atoms with Crippen LogP contribution in [0.3, 0.4) is 0 Å². The summed E-state index contributed by atoms with van der Waals surface area (Å²) in [6.45, 7) is 5.12. The number of carbonyl (C=O) groups excluding carboxylic acids is 1. The molecule has 0 saturated carbocycles. The van der Waals surface area contributed by atoms with Crippen LogP contribution in [0.15, 0.2) is 18.2 Å². The van der Waals surface area contributed by atoms with Gasteiger partial charge < -0.3 is 10.2 Å². The van der Waals surface area contributed by atoms with Crippen LogP contribution in [0.25, 0.3) is 0 Å². The van der Waals surface area contributed by atoms with Crippen molar-refractivity contribution >= 4 is 17.3 Å². The summed E-state index contributed by atoms with van der Waals surface area (Å²) in [5.41, 5.74) is -0.473. The Morgan fingerprint density at radius 1 is 1.32 bits per heavy atom. The molecule has 0 bridgehead atoms. The van der Waals surface area contributed by atoms with Gasteiger partial charge in [0.15, 0.2) is 0 Å². The van der Waals surface area contributed by atoms with Gasteiger partial charge in [0, 0.05) is 6.04 Å². The predicted molar refractivity (Wildman–Crippen MR) is 67.2 cm³/mol. The number of nitrogens with one attached hydrogen (secondary N) is 1. The highest BCUT2D eigenvalue weighted by Crippen LogP contribution is 2.42. The monoisotopic (exact) mass is 272 g/mol. The Balaban J connectivity index is 2.63. The second-order valence-electron chi connectivity index (χ2n) is 4.87. The van der Waals surface area contributed by atoms with Crippen LogP contribution in [0.1, 0.15) is 26.3 Å². The van der Waals surface area contributed by atoms with Gasteiger partial charge in [0.1, 0.15) is 6.04 Å². The fourth-order valence-electron chi connectivity index (χ4n) is 2.27. The zero-order chi connectivity index (χ0) is 14.4. The van der Waals surface area contributed by atoms with Crippen LogP contribution >= 0.6 is 0 Å². The average molecular weight is 272 g/mol. The van der Waals surface area contributed by atoms with E-state index < -0.39 is 17.8 Å². The van der Waals surface area contributed by atoms with Crippen LogP contribution in [-0.4, -0.2) is 18.0 Å². The van der Waals surface area contributed by atoms with Crippen LogP contribution in [0.4, 0.5) is 24.5 Å². The number of hydrogen-bond donors (Lipinski definition) is 1. The summed E-state index contributed by atoms with van der Waals surface area (Å²) in [5.74, 6) is -0.221. The van der Waals surface area contributed by atoms with Gasteiger partial charge in [-0.2, -0.15) is 13.2 Å². The molecular weight excluding hydrogens is 257 g/mol. The van der Waals surface area contributed by atoms with Crippen molar-refractivity contribution in [2.45, 2.75) is 39.0 Å². The molecule has 1 aliphatic rings. The molecule has 0 radical (unpaired) electrons. The summed E-state index contributed by atoms with van der Waals surface area (Å²) in [6.07, 6.45) is -4.44. The van der Waals surface area contributed by atoms with E-state index in [2.05, 4.69) is 5.32 Å². The molecule has 0 saturated heterocycles. The lowest BCUT2D eigenvalue weighted by molar-refractivity contribution is -0.137. The Hall–Kier alpha value is -1.72. The fourth-order valence-corrected chi connectivity index (χ4v) is 2.27. The number of halogens is 3. The summed E-state index contributed by atoms with van der Waals surface area (Å²) in [4.78, 5) is 13.5. The standard InChI is InChI=1S/C13H15F3N2O/c1-7(2)18-10-6-4-5-9(13(14,15)16)11(10)17-8(3)12(18)19/h4-8,17H,1-3H3. The molecule has 3 nitrogen and oxygen atoms in total. The van der Waals surface area contributed by atoms with Crippen molar-refractivity contribution in [2.75, 3.05) is 10.2 Å². The third-order valence-electron chi connectivity index (χ3n) is 3.09. The maximum Gasteiger partial charge on any atom is 0.418 e. The van der Waals surface area contributed by atoms with E-state index in [4.69, 9.17) is 0 Å². The summed E-state index contributed by atoms with van der Waals surface area (Å²) < 4.78 is 39.0. The number of para-hydroxylation sites is 1. The first-order valence-corrected chi connectivity index (χ1v) is 6.03. The maximum atomic E-state index is 13.0. The van der Waals surface area contributed by atoms with E-state index in [1.165, 1.54) is 17.0 Å².